The molecule has 1 aromatic carbocycles. The molecule has 1 aromatic heterocycles. The van der Waals surface area contributed by atoms with Gasteiger partial charge in [-0.1, -0.05) is 18.2 Å². The number of rotatable bonds is 5. The normalized spacial score (nSPS) is 12.6. The highest BCUT2D eigenvalue weighted by Gasteiger charge is 2.04. The number of thiophene rings is 1. The first-order valence-electron chi connectivity index (χ1n) is 5.69. The minimum absolute atomic E-state index is 0.396. The molecule has 0 amide bonds. The van der Waals surface area contributed by atoms with Gasteiger partial charge in [0.25, 0.3) is 0 Å². The van der Waals surface area contributed by atoms with E-state index in [1.165, 1.54) is 15.3 Å². The molecule has 0 fully saturated rings. The minimum Gasteiger partial charge on any atom is -0.305 e. The molecule has 2 aromatic rings. The van der Waals surface area contributed by atoms with E-state index in [9.17, 15) is 0 Å². The Morgan fingerprint density at radius 1 is 1.24 bits per heavy atom. The summed E-state index contributed by atoms with van der Waals surface area (Å²) in [5.41, 5.74) is 1.35. The third kappa shape index (κ3) is 3.60. The summed E-state index contributed by atoms with van der Waals surface area (Å²) < 4.78 is 0. The van der Waals surface area contributed by atoms with Gasteiger partial charge in [0.05, 0.1) is 0 Å². The zero-order chi connectivity index (χ0) is 12.1. The maximum absolute atomic E-state index is 3.54. The molecular formula is C14H17NS2. The lowest BCUT2D eigenvalue weighted by Gasteiger charge is -2.13. The maximum atomic E-state index is 3.54. The van der Waals surface area contributed by atoms with E-state index < -0.39 is 0 Å². The minimum atomic E-state index is 0.396. The molecule has 0 saturated carbocycles. The number of nitrogens with one attached hydrogen (secondary N) is 1. The zero-order valence-electron chi connectivity index (χ0n) is 10.1. The third-order valence-corrected chi connectivity index (χ3v) is 4.40. The van der Waals surface area contributed by atoms with Crippen molar-refractivity contribution in [1.29, 1.82) is 0 Å². The molecule has 0 bridgehead atoms. The predicted molar refractivity (Wildman–Crippen MR) is 77.8 cm³/mol. The summed E-state index contributed by atoms with van der Waals surface area (Å²) in [7, 11) is 0. The van der Waals surface area contributed by atoms with Gasteiger partial charge in [0.15, 0.2) is 0 Å². The molecule has 0 aliphatic rings. The van der Waals surface area contributed by atoms with Crippen LogP contribution in [0.15, 0.2) is 46.7 Å². The fraction of sp³-hybridized carbons (Fsp3) is 0.286. The van der Waals surface area contributed by atoms with Crippen molar-refractivity contribution < 1.29 is 0 Å². The van der Waals surface area contributed by atoms with E-state index >= 15 is 0 Å². The van der Waals surface area contributed by atoms with Crippen LogP contribution >= 0.6 is 23.1 Å². The van der Waals surface area contributed by atoms with Crippen LogP contribution in [0.3, 0.4) is 0 Å². The number of hydrogen-bond donors (Lipinski definition) is 1. The molecule has 2 rings (SSSR count). The molecule has 1 N–H and O–H groups in total. The quantitative estimate of drug-likeness (QED) is 0.806. The van der Waals surface area contributed by atoms with Crippen molar-refractivity contribution in [1.82, 2.24) is 5.32 Å². The largest absolute Gasteiger partial charge is 0.305 e. The highest BCUT2D eigenvalue weighted by atomic mass is 32.2. The Morgan fingerprint density at radius 2 is 2.00 bits per heavy atom. The van der Waals surface area contributed by atoms with Crippen molar-refractivity contribution in [2.45, 2.75) is 24.4 Å². The Labute approximate surface area is 111 Å². The molecule has 1 unspecified atom stereocenters. The van der Waals surface area contributed by atoms with Gasteiger partial charge in [-0.25, -0.2) is 0 Å². The van der Waals surface area contributed by atoms with E-state index in [1.54, 1.807) is 23.1 Å². The molecule has 3 heteroatoms. The Morgan fingerprint density at radius 3 is 2.59 bits per heavy atom. The summed E-state index contributed by atoms with van der Waals surface area (Å²) >= 11 is 3.58. The summed E-state index contributed by atoms with van der Waals surface area (Å²) in [5, 5.41) is 5.66. The van der Waals surface area contributed by atoms with Gasteiger partial charge >= 0.3 is 0 Å². The second-order valence-electron chi connectivity index (χ2n) is 3.96. The highest BCUT2D eigenvalue weighted by Crippen LogP contribution is 2.19. The van der Waals surface area contributed by atoms with Gasteiger partial charge in [-0.2, -0.15) is 0 Å². The average Bonchev–Trinajstić information content (AvgIpc) is 2.89. The van der Waals surface area contributed by atoms with E-state index in [-0.39, 0.29) is 0 Å². The van der Waals surface area contributed by atoms with E-state index in [2.05, 4.69) is 60.3 Å². The van der Waals surface area contributed by atoms with Crippen molar-refractivity contribution in [2.75, 3.05) is 6.26 Å². The van der Waals surface area contributed by atoms with E-state index in [0.29, 0.717) is 6.04 Å². The van der Waals surface area contributed by atoms with Crippen LogP contribution in [0.2, 0.25) is 0 Å². The van der Waals surface area contributed by atoms with Crippen LogP contribution in [0.5, 0.6) is 0 Å². The molecule has 1 nitrogen and oxygen atoms in total. The van der Waals surface area contributed by atoms with Gasteiger partial charge in [0.1, 0.15) is 0 Å². The summed E-state index contributed by atoms with van der Waals surface area (Å²) in [4.78, 5) is 2.71. The van der Waals surface area contributed by atoms with Crippen LogP contribution in [0, 0.1) is 0 Å². The molecule has 1 atom stereocenters. The lowest BCUT2D eigenvalue weighted by molar-refractivity contribution is 0.578. The second-order valence-corrected chi connectivity index (χ2v) is 5.87. The van der Waals surface area contributed by atoms with Crippen molar-refractivity contribution in [3.05, 3.63) is 52.2 Å². The van der Waals surface area contributed by atoms with Gasteiger partial charge < -0.3 is 5.32 Å². The zero-order valence-corrected chi connectivity index (χ0v) is 11.8. The second kappa shape index (κ2) is 6.24. The Hall–Kier alpha value is -0.770. The first-order valence-corrected chi connectivity index (χ1v) is 7.80. The topological polar surface area (TPSA) is 12.0 Å². The molecule has 17 heavy (non-hydrogen) atoms. The SMILES string of the molecule is CSc1ccc(C(C)NCc2cccs2)cc1. The third-order valence-electron chi connectivity index (χ3n) is 2.78. The van der Waals surface area contributed by atoms with Crippen molar-refractivity contribution >= 4 is 23.1 Å². The first kappa shape index (κ1) is 12.7. The van der Waals surface area contributed by atoms with Gasteiger partial charge in [-0.15, -0.1) is 23.1 Å². The highest BCUT2D eigenvalue weighted by molar-refractivity contribution is 7.98. The van der Waals surface area contributed by atoms with Crippen LogP contribution in [-0.2, 0) is 6.54 Å². The lowest BCUT2D eigenvalue weighted by atomic mass is 10.1. The van der Waals surface area contributed by atoms with E-state index in [0.717, 1.165) is 6.54 Å². The maximum Gasteiger partial charge on any atom is 0.0305 e. The van der Waals surface area contributed by atoms with Crippen molar-refractivity contribution in [3.8, 4) is 0 Å². The Balaban J connectivity index is 1.92. The molecule has 0 aliphatic heterocycles. The number of benzene rings is 1. The lowest BCUT2D eigenvalue weighted by Crippen LogP contribution is -2.17. The number of hydrogen-bond acceptors (Lipinski definition) is 3. The van der Waals surface area contributed by atoms with E-state index in [4.69, 9.17) is 0 Å². The predicted octanol–water partition coefficient (Wildman–Crippen LogP) is 4.32. The molecular weight excluding hydrogens is 246 g/mol. The van der Waals surface area contributed by atoms with Crippen LogP contribution < -0.4 is 5.32 Å². The fourth-order valence-corrected chi connectivity index (χ4v) is 2.74. The van der Waals surface area contributed by atoms with Crippen molar-refractivity contribution in [3.63, 3.8) is 0 Å². The Bertz CT molecular complexity index is 434. The average molecular weight is 263 g/mol. The smallest absolute Gasteiger partial charge is 0.0305 e. The molecule has 0 aliphatic carbocycles. The Kier molecular flexibility index (Phi) is 4.66. The molecule has 0 spiro atoms. The van der Waals surface area contributed by atoms with Crippen molar-refractivity contribution in [2.24, 2.45) is 0 Å². The standard InChI is InChI=1S/C14H17NS2/c1-11(15-10-14-4-3-9-17-14)12-5-7-13(16-2)8-6-12/h3-9,11,15H,10H2,1-2H3. The summed E-state index contributed by atoms with van der Waals surface area (Å²) in [6, 6.07) is 13.4. The van der Waals surface area contributed by atoms with Crippen LogP contribution in [0.25, 0.3) is 0 Å². The molecule has 0 radical (unpaired) electrons. The van der Waals surface area contributed by atoms with Crippen LogP contribution in [0.1, 0.15) is 23.4 Å². The molecule has 90 valence electrons. The fourth-order valence-electron chi connectivity index (χ4n) is 1.68. The summed E-state index contributed by atoms with van der Waals surface area (Å²) in [6.07, 6.45) is 2.10. The van der Waals surface area contributed by atoms with E-state index in [1.807, 2.05) is 0 Å². The van der Waals surface area contributed by atoms with Gasteiger partial charge in [-0.3, -0.25) is 0 Å². The molecule has 1 heterocycles. The van der Waals surface area contributed by atoms with Gasteiger partial charge in [-0.05, 0) is 42.3 Å². The van der Waals surface area contributed by atoms with Gasteiger partial charge in [0, 0.05) is 22.4 Å². The summed E-state index contributed by atoms with van der Waals surface area (Å²) in [6.45, 7) is 3.16. The van der Waals surface area contributed by atoms with Crippen LogP contribution in [0.4, 0.5) is 0 Å². The number of thioether (sulfide) groups is 1. The summed E-state index contributed by atoms with van der Waals surface area (Å²) in [5.74, 6) is 0. The van der Waals surface area contributed by atoms with Crippen LogP contribution in [-0.4, -0.2) is 6.26 Å². The first-order chi connectivity index (χ1) is 8.29. The van der Waals surface area contributed by atoms with Gasteiger partial charge in [0.2, 0.25) is 0 Å². The molecule has 0 saturated heterocycles. The monoisotopic (exact) mass is 263 g/mol.